The number of hydrogen-bond donors (Lipinski definition) is 2. The lowest BCUT2D eigenvalue weighted by molar-refractivity contribution is 0.100. The maximum absolute atomic E-state index is 10.9. The summed E-state index contributed by atoms with van der Waals surface area (Å²) in [5, 5.41) is 0. The molecule has 6 heteroatoms. The van der Waals surface area contributed by atoms with Gasteiger partial charge in [0.05, 0.1) is 5.56 Å². The molecular formula is C9H15N5O. The molecule has 0 spiro atoms. The van der Waals surface area contributed by atoms with Gasteiger partial charge in [0, 0.05) is 19.2 Å². The zero-order valence-corrected chi connectivity index (χ0v) is 8.90. The summed E-state index contributed by atoms with van der Waals surface area (Å²) in [6.45, 7) is 0.829. The van der Waals surface area contributed by atoms with Crippen LogP contribution in [-0.4, -0.2) is 41.4 Å². The zero-order valence-electron chi connectivity index (χ0n) is 8.90. The van der Waals surface area contributed by atoms with Crippen molar-refractivity contribution in [3.8, 4) is 0 Å². The first-order valence-electron chi connectivity index (χ1n) is 4.56. The molecule has 0 unspecified atom stereocenters. The Morgan fingerprint density at radius 1 is 1.53 bits per heavy atom. The number of carbonyl (C=O) groups excluding carboxylic acids is 1. The van der Waals surface area contributed by atoms with E-state index in [-0.39, 0.29) is 11.4 Å². The minimum absolute atomic E-state index is 0.145. The molecule has 1 amide bonds. The number of anilines is 1. The zero-order chi connectivity index (χ0) is 11.4. The van der Waals surface area contributed by atoms with Crippen LogP contribution in [0.5, 0.6) is 0 Å². The number of nitrogen functional groups attached to an aromatic ring is 1. The van der Waals surface area contributed by atoms with E-state index >= 15 is 0 Å². The molecular weight excluding hydrogens is 194 g/mol. The lowest BCUT2D eigenvalue weighted by Gasteiger charge is -2.08. The molecule has 0 bridgehead atoms. The summed E-state index contributed by atoms with van der Waals surface area (Å²) in [5.74, 6) is 0.157. The van der Waals surface area contributed by atoms with Crippen molar-refractivity contribution < 1.29 is 4.79 Å². The number of rotatable bonds is 4. The van der Waals surface area contributed by atoms with E-state index in [4.69, 9.17) is 11.5 Å². The van der Waals surface area contributed by atoms with Crippen molar-refractivity contribution in [3.63, 3.8) is 0 Å². The number of nitrogens with zero attached hydrogens (tertiary/aromatic N) is 3. The van der Waals surface area contributed by atoms with E-state index in [1.165, 1.54) is 6.20 Å². The lowest BCUT2D eigenvalue weighted by atomic mass is 10.3. The van der Waals surface area contributed by atoms with Gasteiger partial charge in [0.15, 0.2) is 0 Å². The molecule has 15 heavy (non-hydrogen) atoms. The number of carbonyl (C=O) groups is 1. The fraction of sp³-hybridized carbons (Fsp3) is 0.444. The maximum atomic E-state index is 10.9. The number of aromatic nitrogens is 2. The maximum Gasteiger partial charge on any atom is 0.254 e. The molecule has 82 valence electrons. The molecule has 0 saturated carbocycles. The van der Waals surface area contributed by atoms with Crippen LogP contribution in [0.3, 0.4) is 0 Å². The number of amides is 1. The number of nitrogens with two attached hydrogens (primary N) is 2. The van der Waals surface area contributed by atoms with Crippen LogP contribution in [-0.2, 0) is 6.42 Å². The van der Waals surface area contributed by atoms with Gasteiger partial charge in [0.2, 0.25) is 0 Å². The predicted octanol–water partition coefficient (Wildman–Crippen LogP) is -0.738. The molecule has 0 saturated heterocycles. The van der Waals surface area contributed by atoms with Gasteiger partial charge in [-0.25, -0.2) is 9.97 Å². The number of hydrogen-bond acceptors (Lipinski definition) is 5. The predicted molar refractivity (Wildman–Crippen MR) is 57.2 cm³/mol. The second kappa shape index (κ2) is 4.70. The molecule has 1 rings (SSSR count). The average molecular weight is 209 g/mol. The van der Waals surface area contributed by atoms with Gasteiger partial charge in [0.25, 0.3) is 5.91 Å². The summed E-state index contributed by atoms with van der Waals surface area (Å²) in [6, 6.07) is 0. The van der Waals surface area contributed by atoms with Crippen LogP contribution in [0.1, 0.15) is 16.2 Å². The summed E-state index contributed by atoms with van der Waals surface area (Å²) in [7, 11) is 3.92. The quantitative estimate of drug-likeness (QED) is 0.680. The summed E-state index contributed by atoms with van der Waals surface area (Å²) in [4.78, 5) is 20.9. The van der Waals surface area contributed by atoms with Crippen LogP contribution >= 0.6 is 0 Å². The van der Waals surface area contributed by atoms with Crippen LogP contribution in [0.2, 0.25) is 0 Å². The van der Waals surface area contributed by atoms with Crippen molar-refractivity contribution in [1.29, 1.82) is 0 Å². The Kier molecular flexibility index (Phi) is 3.56. The SMILES string of the molecule is CN(C)CCc1ncc(C(N)=O)c(N)n1. The minimum atomic E-state index is -0.605. The van der Waals surface area contributed by atoms with E-state index in [9.17, 15) is 4.79 Å². The molecule has 4 N–H and O–H groups in total. The van der Waals surface area contributed by atoms with Gasteiger partial charge in [0.1, 0.15) is 11.6 Å². The second-order valence-electron chi connectivity index (χ2n) is 3.50. The lowest BCUT2D eigenvalue weighted by Crippen LogP contribution is -2.19. The van der Waals surface area contributed by atoms with Crippen molar-refractivity contribution in [2.75, 3.05) is 26.4 Å². The minimum Gasteiger partial charge on any atom is -0.383 e. The fourth-order valence-corrected chi connectivity index (χ4v) is 1.07. The third-order valence-electron chi connectivity index (χ3n) is 1.92. The molecule has 0 aliphatic heterocycles. The highest BCUT2D eigenvalue weighted by atomic mass is 16.1. The largest absolute Gasteiger partial charge is 0.383 e. The molecule has 0 atom stereocenters. The van der Waals surface area contributed by atoms with Crippen LogP contribution in [0.15, 0.2) is 6.20 Å². The van der Waals surface area contributed by atoms with Gasteiger partial charge in [-0.15, -0.1) is 0 Å². The summed E-state index contributed by atoms with van der Waals surface area (Å²) in [5.41, 5.74) is 10.8. The van der Waals surface area contributed by atoms with E-state index in [2.05, 4.69) is 9.97 Å². The molecule has 6 nitrogen and oxygen atoms in total. The third-order valence-corrected chi connectivity index (χ3v) is 1.92. The fourth-order valence-electron chi connectivity index (χ4n) is 1.07. The molecule has 1 heterocycles. The van der Waals surface area contributed by atoms with E-state index in [0.717, 1.165) is 6.54 Å². The van der Waals surface area contributed by atoms with E-state index in [1.807, 2.05) is 19.0 Å². The normalized spacial score (nSPS) is 10.6. The van der Waals surface area contributed by atoms with Crippen LogP contribution in [0, 0.1) is 0 Å². The molecule has 0 aliphatic carbocycles. The van der Waals surface area contributed by atoms with Crippen molar-refractivity contribution >= 4 is 11.7 Å². The van der Waals surface area contributed by atoms with Gasteiger partial charge >= 0.3 is 0 Å². The standard InChI is InChI=1S/C9H15N5O/c1-14(2)4-3-7-12-5-6(9(11)15)8(10)13-7/h5H,3-4H2,1-2H3,(H2,11,15)(H2,10,12,13). The first-order valence-corrected chi connectivity index (χ1v) is 4.56. The molecule has 0 fully saturated rings. The van der Waals surface area contributed by atoms with E-state index in [0.29, 0.717) is 12.2 Å². The van der Waals surface area contributed by atoms with Crippen LogP contribution < -0.4 is 11.5 Å². The Morgan fingerprint density at radius 2 is 2.20 bits per heavy atom. The third kappa shape index (κ3) is 3.17. The van der Waals surface area contributed by atoms with Crippen molar-refractivity contribution in [2.24, 2.45) is 5.73 Å². The highest BCUT2D eigenvalue weighted by molar-refractivity contribution is 5.96. The Morgan fingerprint density at radius 3 is 2.67 bits per heavy atom. The van der Waals surface area contributed by atoms with Crippen molar-refractivity contribution in [2.45, 2.75) is 6.42 Å². The van der Waals surface area contributed by atoms with Gasteiger partial charge in [-0.05, 0) is 14.1 Å². The monoisotopic (exact) mass is 209 g/mol. The highest BCUT2D eigenvalue weighted by Crippen LogP contribution is 2.06. The van der Waals surface area contributed by atoms with Gasteiger partial charge < -0.3 is 16.4 Å². The summed E-state index contributed by atoms with van der Waals surface area (Å²) >= 11 is 0. The Hall–Kier alpha value is -1.69. The first kappa shape index (κ1) is 11.4. The van der Waals surface area contributed by atoms with Gasteiger partial charge in [-0.2, -0.15) is 0 Å². The number of primary amides is 1. The van der Waals surface area contributed by atoms with Crippen molar-refractivity contribution in [3.05, 3.63) is 17.6 Å². The number of likely N-dealkylation sites (N-methyl/N-ethyl adjacent to an activating group) is 1. The second-order valence-corrected chi connectivity index (χ2v) is 3.50. The van der Waals surface area contributed by atoms with E-state index in [1.54, 1.807) is 0 Å². The van der Waals surface area contributed by atoms with E-state index < -0.39 is 5.91 Å². The molecule has 1 aromatic rings. The average Bonchev–Trinajstić information content (AvgIpc) is 2.14. The van der Waals surface area contributed by atoms with Crippen LogP contribution in [0.4, 0.5) is 5.82 Å². The Labute approximate surface area is 88.3 Å². The smallest absolute Gasteiger partial charge is 0.254 e. The van der Waals surface area contributed by atoms with Crippen LogP contribution in [0.25, 0.3) is 0 Å². The summed E-state index contributed by atoms with van der Waals surface area (Å²) < 4.78 is 0. The highest BCUT2D eigenvalue weighted by Gasteiger charge is 2.08. The summed E-state index contributed by atoms with van der Waals surface area (Å²) in [6.07, 6.45) is 2.06. The van der Waals surface area contributed by atoms with Crippen molar-refractivity contribution in [1.82, 2.24) is 14.9 Å². The molecule has 0 radical (unpaired) electrons. The molecule has 0 aliphatic rings. The van der Waals surface area contributed by atoms with Gasteiger partial charge in [-0.1, -0.05) is 0 Å². The Bertz CT molecular complexity index is 364. The van der Waals surface area contributed by atoms with Gasteiger partial charge in [-0.3, -0.25) is 4.79 Å². The first-order chi connectivity index (χ1) is 7.00. The molecule has 0 aromatic carbocycles. The molecule has 1 aromatic heterocycles. The topological polar surface area (TPSA) is 98.1 Å². The Balaban J connectivity index is 2.78.